The minimum Gasteiger partial charge on any atom is -0.376 e. The molecule has 3 rings (SSSR count). The van der Waals surface area contributed by atoms with Gasteiger partial charge < -0.3 is 10.1 Å². The summed E-state index contributed by atoms with van der Waals surface area (Å²) in [7, 11) is 0. The lowest BCUT2D eigenvalue weighted by atomic mass is 9.87. The maximum Gasteiger partial charge on any atom is 0.252 e. The van der Waals surface area contributed by atoms with Gasteiger partial charge in [0.2, 0.25) is 0 Å². The van der Waals surface area contributed by atoms with Crippen molar-refractivity contribution in [3.8, 4) is 0 Å². The van der Waals surface area contributed by atoms with E-state index in [1.54, 1.807) is 0 Å². The topological polar surface area (TPSA) is 38.3 Å². The van der Waals surface area contributed by atoms with Crippen LogP contribution >= 0.6 is 0 Å². The average molecular weight is 271 g/mol. The van der Waals surface area contributed by atoms with Gasteiger partial charge in [-0.2, -0.15) is 0 Å². The molecule has 20 heavy (non-hydrogen) atoms. The van der Waals surface area contributed by atoms with Crippen LogP contribution in [0.1, 0.15) is 15.9 Å². The highest BCUT2D eigenvalue weighted by atomic mass is 19.1. The maximum atomic E-state index is 12.9. The molecule has 1 saturated heterocycles. The molecule has 1 aliphatic rings. The third-order valence-corrected chi connectivity index (χ3v) is 3.48. The second-order valence-corrected chi connectivity index (χ2v) is 4.90. The summed E-state index contributed by atoms with van der Waals surface area (Å²) in [6.45, 7) is 0.897. The van der Waals surface area contributed by atoms with Gasteiger partial charge in [0.1, 0.15) is 11.4 Å². The summed E-state index contributed by atoms with van der Waals surface area (Å²) in [6, 6.07) is 15.2. The van der Waals surface area contributed by atoms with Crippen LogP contribution in [0.5, 0.6) is 0 Å². The number of ether oxygens (including phenoxy) is 1. The first-order chi connectivity index (χ1) is 9.70. The van der Waals surface area contributed by atoms with E-state index < -0.39 is 5.54 Å². The number of carbonyl (C=O) groups excluding carboxylic acids is 1. The first-order valence-corrected chi connectivity index (χ1v) is 6.41. The largest absolute Gasteiger partial charge is 0.376 e. The van der Waals surface area contributed by atoms with E-state index in [0.717, 1.165) is 5.56 Å². The fourth-order valence-electron chi connectivity index (χ4n) is 2.27. The van der Waals surface area contributed by atoms with Crippen LogP contribution in [-0.2, 0) is 10.3 Å². The maximum absolute atomic E-state index is 12.9. The second kappa shape index (κ2) is 5.06. The third kappa shape index (κ3) is 2.30. The van der Waals surface area contributed by atoms with Gasteiger partial charge in [-0.15, -0.1) is 0 Å². The van der Waals surface area contributed by atoms with Gasteiger partial charge in [0.05, 0.1) is 13.2 Å². The average Bonchev–Trinajstić information content (AvgIpc) is 2.44. The molecule has 0 unspecified atom stereocenters. The fraction of sp³-hybridized carbons (Fsp3) is 0.188. The van der Waals surface area contributed by atoms with Crippen molar-refractivity contribution in [2.45, 2.75) is 5.54 Å². The van der Waals surface area contributed by atoms with Crippen molar-refractivity contribution in [2.24, 2.45) is 0 Å². The molecule has 4 heteroatoms. The molecule has 1 N–H and O–H groups in total. The summed E-state index contributed by atoms with van der Waals surface area (Å²) < 4.78 is 18.2. The predicted octanol–water partition coefficient (Wildman–Crippen LogP) is 2.48. The van der Waals surface area contributed by atoms with Crippen molar-refractivity contribution in [1.29, 1.82) is 0 Å². The molecule has 1 heterocycles. The molecule has 1 aliphatic heterocycles. The number of nitrogens with one attached hydrogen (secondary N) is 1. The molecule has 0 atom stereocenters. The zero-order valence-electron chi connectivity index (χ0n) is 10.8. The molecule has 0 aliphatic carbocycles. The number of halogens is 1. The number of amides is 1. The minimum absolute atomic E-state index is 0.225. The summed E-state index contributed by atoms with van der Waals surface area (Å²) in [6.07, 6.45) is 0. The number of hydrogen-bond donors (Lipinski definition) is 1. The lowest BCUT2D eigenvalue weighted by Crippen LogP contribution is -2.59. The molecule has 0 spiro atoms. The van der Waals surface area contributed by atoms with Crippen LogP contribution in [0.25, 0.3) is 0 Å². The van der Waals surface area contributed by atoms with Gasteiger partial charge >= 0.3 is 0 Å². The smallest absolute Gasteiger partial charge is 0.252 e. The summed E-state index contributed by atoms with van der Waals surface area (Å²) in [5.74, 6) is -0.580. The molecule has 3 nitrogen and oxygen atoms in total. The van der Waals surface area contributed by atoms with E-state index in [4.69, 9.17) is 4.74 Å². The van der Waals surface area contributed by atoms with Gasteiger partial charge in [0.15, 0.2) is 0 Å². The van der Waals surface area contributed by atoms with Crippen LogP contribution in [0.3, 0.4) is 0 Å². The van der Waals surface area contributed by atoms with Crippen LogP contribution < -0.4 is 5.32 Å². The molecule has 0 radical (unpaired) electrons. The van der Waals surface area contributed by atoms with E-state index in [1.807, 2.05) is 30.3 Å². The zero-order valence-corrected chi connectivity index (χ0v) is 10.8. The highest BCUT2D eigenvalue weighted by Crippen LogP contribution is 2.29. The van der Waals surface area contributed by atoms with Crippen LogP contribution in [0, 0.1) is 5.82 Å². The lowest BCUT2D eigenvalue weighted by Gasteiger charge is -2.42. The lowest BCUT2D eigenvalue weighted by molar-refractivity contribution is -0.0733. The predicted molar refractivity (Wildman–Crippen MR) is 72.8 cm³/mol. The first kappa shape index (κ1) is 12.8. The number of benzene rings is 2. The van der Waals surface area contributed by atoms with Gasteiger partial charge in [0.25, 0.3) is 5.91 Å². The van der Waals surface area contributed by atoms with E-state index in [1.165, 1.54) is 24.3 Å². The standard InChI is InChI=1S/C16H14FNO2/c17-14-8-6-12(7-9-14)15(19)18-16(10-20-11-16)13-4-2-1-3-5-13/h1-9H,10-11H2,(H,18,19). The molecular weight excluding hydrogens is 257 g/mol. The molecule has 2 aromatic rings. The Morgan fingerprint density at radius 3 is 2.25 bits per heavy atom. The van der Waals surface area contributed by atoms with Crippen molar-refractivity contribution in [3.63, 3.8) is 0 Å². The molecular formula is C16H14FNO2. The Kier molecular flexibility index (Phi) is 3.24. The van der Waals surface area contributed by atoms with Crippen molar-refractivity contribution < 1.29 is 13.9 Å². The van der Waals surface area contributed by atoms with Crippen molar-refractivity contribution in [3.05, 3.63) is 71.5 Å². The van der Waals surface area contributed by atoms with Crippen molar-refractivity contribution in [1.82, 2.24) is 5.32 Å². The summed E-state index contributed by atoms with van der Waals surface area (Å²) in [5.41, 5.74) is 0.975. The Hall–Kier alpha value is -2.20. The van der Waals surface area contributed by atoms with Gasteiger partial charge in [0, 0.05) is 5.56 Å². The van der Waals surface area contributed by atoms with Gasteiger partial charge in [-0.05, 0) is 29.8 Å². The van der Waals surface area contributed by atoms with Crippen molar-refractivity contribution >= 4 is 5.91 Å². The molecule has 0 aromatic heterocycles. The molecule has 2 aromatic carbocycles. The Morgan fingerprint density at radius 1 is 1.05 bits per heavy atom. The van der Waals surface area contributed by atoms with Crippen LogP contribution in [-0.4, -0.2) is 19.1 Å². The van der Waals surface area contributed by atoms with Gasteiger partial charge in [-0.25, -0.2) is 4.39 Å². The fourth-order valence-corrected chi connectivity index (χ4v) is 2.27. The Bertz CT molecular complexity index is 606. The SMILES string of the molecule is O=C(NC1(c2ccccc2)COC1)c1ccc(F)cc1. The third-order valence-electron chi connectivity index (χ3n) is 3.48. The number of hydrogen-bond acceptors (Lipinski definition) is 2. The highest BCUT2D eigenvalue weighted by Gasteiger charge is 2.41. The Balaban J connectivity index is 1.82. The van der Waals surface area contributed by atoms with E-state index >= 15 is 0 Å². The second-order valence-electron chi connectivity index (χ2n) is 4.90. The van der Waals surface area contributed by atoms with Gasteiger partial charge in [-0.3, -0.25) is 4.79 Å². The normalized spacial score (nSPS) is 16.2. The molecule has 1 fully saturated rings. The number of rotatable bonds is 3. The molecule has 0 saturated carbocycles. The Labute approximate surface area is 116 Å². The Morgan fingerprint density at radius 2 is 1.70 bits per heavy atom. The summed E-state index contributed by atoms with van der Waals surface area (Å²) in [5, 5.41) is 3.00. The van der Waals surface area contributed by atoms with Crippen LogP contribution in [0.2, 0.25) is 0 Å². The van der Waals surface area contributed by atoms with E-state index in [9.17, 15) is 9.18 Å². The van der Waals surface area contributed by atoms with E-state index in [-0.39, 0.29) is 11.7 Å². The molecule has 1 amide bonds. The monoisotopic (exact) mass is 271 g/mol. The highest BCUT2D eigenvalue weighted by molar-refractivity contribution is 5.94. The van der Waals surface area contributed by atoms with Crippen molar-refractivity contribution in [2.75, 3.05) is 13.2 Å². The zero-order chi connectivity index (χ0) is 14.0. The summed E-state index contributed by atoms with van der Waals surface area (Å²) >= 11 is 0. The minimum atomic E-state index is -0.479. The quantitative estimate of drug-likeness (QED) is 0.931. The van der Waals surface area contributed by atoms with Gasteiger partial charge in [-0.1, -0.05) is 30.3 Å². The summed E-state index contributed by atoms with van der Waals surface area (Å²) in [4.78, 5) is 12.2. The van der Waals surface area contributed by atoms with Crippen LogP contribution in [0.4, 0.5) is 4.39 Å². The molecule has 0 bridgehead atoms. The van der Waals surface area contributed by atoms with E-state index in [2.05, 4.69) is 5.32 Å². The molecule has 102 valence electrons. The van der Waals surface area contributed by atoms with E-state index in [0.29, 0.717) is 18.8 Å². The van der Waals surface area contributed by atoms with Crippen LogP contribution in [0.15, 0.2) is 54.6 Å². The first-order valence-electron chi connectivity index (χ1n) is 6.41. The number of carbonyl (C=O) groups is 1.